The highest BCUT2D eigenvalue weighted by Gasteiger charge is 2.05. The fourth-order valence-corrected chi connectivity index (χ4v) is 1.97. The summed E-state index contributed by atoms with van der Waals surface area (Å²) in [6.07, 6.45) is 0. The average Bonchev–Trinajstić information content (AvgIpc) is 2.58. The highest BCUT2D eigenvalue weighted by molar-refractivity contribution is 5.40. The average molecular weight is 303 g/mol. The summed E-state index contributed by atoms with van der Waals surface area (Å²) in [5.41, 5.74) is 6.64. The van der Waals surface area contributed by atoms with Gasteiger partial charge in [-0.1, -0.05) is 12.1 Å². The quantitative estimate of drug-likeness (QED) is 0.760. The first-order chi connectivity index (χ1) is 10.8. The van der Waals surface area contributed by atoms with Crippen molar-refractivity contribution in [2.45, 2.75) is 6.54 Å². The van der Waals surface area contributed by atoms with Gasteiger partial charge in [-0.05, 0) is 18.2 Å². The minimum absolute atomic E-state index is 0.413. The molecule has 0 saturated carbocycles. The van der Waals surface area contributed by atoms with Gasteiger partial charge in [0, 0.05) is 24.2 Å². The van der Waals surface area contributed by atoms with Crippen molar-refractivity contribution in [3.05, 3.63) is 48.0 Å². The Morgan fingerprint density at radius 3 is 2.23 bits per heavy atom. The number of hydrogen-bond donors (Lipinski definition) is 1. The van der Waals surface area contributed by atoms with Crippen LogP contribution in [0.15, 0.2) is 42.5 Å². The third-order valence-corrected chi connectivity index (χ3v) is 3.15. The van der Waals surface area contributed by atoms with Crippen LogP contribution in [0.5, 0.6) is 23.0 Å². The summed E-state index contributed by atoms with van der Waals surface area (Å²) in [4.78, 5) is 0. The zero-order valence-electron chi connectivity index (χ0n) is 12.9. The smallest absolute Gasteiger partial charge is 0.127 e. The Morgan fingerprint density at radius 1 is 0.818 bits per heavy atom. The molecule has 0 heterocycles. The fraction of sp³-hybridized carbons (Fsp3) is 0.294. The second-order valence-electron chi connectivity index (χ2n) is 4.55. The minimum Gasteiger partial charge on any atom is -0.497 e. The van der Waals surface area contributed by atoms with Crippen LogP contribution in [0.3, 0.4) is 0 Å². The second-order valence-corrected chi connectivity index (χ2v) is 4.55. The summed E-state index contributed by atoms with van der Waals surface area (Å²) in [6.45, 7) is 1.25. The van der Waals surface area contributed by atoms with Crippen LogP contribution in [0.1, 0.15) is 5.56 Å². The van der Waals surface area contributed by atoms with Gasteiger partial charge in [-0.15, -0.1) is 0 Å². The van der Waals surface area contributed by atoms with Gasteiger partial charge < -0.3 is 24.7 Å². The normalized spacial score (nSPS) is 10.1. The van der Waals surface area contributed by atoms with Crippen molar-refractivity contribution in [1.29, 1.82) is 0 Å². The molecule has 22 heavy (non-hydrogen) atoms. The van der Waals surface area contributed by atoms with Gasteiger partial charge in [0.05, 0.1) is 14.2 Å². The third kappa shape index (κ3) is 4.30. The zero-order chi connectivity index (χ0) is 15.8. The molecule has 0 aromatic heterocycles. The summed E-state index contributed by atoms with van der Waals surface area (Å²) < 4.78 is 21.7. The lowest BCUT2D eigenvalue weighted by atomic mass is 10.2. The van der Waals surface area contributed by atoms with E-state index in [-0.39, 0.29) is 0 Å². The van der Waals surface area contributed by atoms with Gasteiger partial charge >= 0.3 is 0 Å². The highest BCUT2D eigenvalue weighted by atomic mass is 16.5. The maximum atomic E-state index is 5.73. The first-order valence-electron chi connectivity index (χ1n) is 7.03. The lowest BCUT2D eigenvalue weighted by Gasteiger charge is -2.13. The maximum Gasteiger partial charge on any atom is 0.127 e. The van der Waals surface area contributed by atoms with Crippen molar-refractivity contribution in [2.24, 2.45) is 5.73 Å². The Hall–Kier alpha value is -2.40. The van der Waals surface area contributed by atoms with Crippen LogP contribution in [0.2, 0.25) is 0 Å². The first-order valence-corrected chi connectivity index (χ1v) is 7.03. The molecule has 0 aliphatic carbocycles. The first kappa shape index (κ1) is 16.0. The van der Waals surface area contributed by atoms with E-state index in [0.717, 1.165) is 28.6 Å². The van der Waals surface area contributed by atoms with Gasteiger partial charge in [-0.3, -0.25) is 0 Å². The van der Waals surface area contributed by atoms with Gasteiger partial charge in [-0.2, -0.15) is 0 Å². The van der Waals surface area contributed by atoms with Crippen LogP contribution in [0.25, 0.3) is 0 Å². The summed E-state index contributed by atoms with van der Waals surface area (Å²) in [6, 6.07) is 13.0. The van der Waals surface area contributed by atoms with E-state index in [0.29, 0.717) is 19.8 Å². The van der Waals surface area contributed by atoms with Crippen molar-refractivity contribution in [3.63, 3.8) is 0 Å². The van der Waals surface area contributed by atoms with Gasteiger partial charge in [0.1, 0.15) is 36.2 Å². The summed E-state index contributed by atoms with van der Waals surface area (Å²) in [7, 11) is 3.24. The lowest BCUT2D eigenvalue weighted by molar-refractivity contribution is 0.215. The lowest BCUT2D eigenvalue weighted by Crippen LogP contribution is -2.11. The van der Waals surface area contributed by atoms with Crippen LogP contribution >= 0.6 is 0 Å². The van der Waals surface area contributed by atoms with Crippen LogP contribution in [-0.2, 0) is 6.54 Å². The molecular weight excluding hydrogens is 282 g/mol. The molecule has 0 aliphatic rings. The predicted octanol–water partition coefficient (Wildman–Crippen LogP) is 2.62. The van der Waals surface area contributed by atoms with E-state index in [1.165, 1.54) is 0 Å². The minimum atomic E-state index is 0.413. The molecule has 2 N–H and O–H groups in total. The standard InChI is InChI=1S/C17H21NO4/c1-19-14-4-3-5-16(10-14)21-8-9-22-17-11-15(20-2)7-6-13(17)12-18/h3-7,10-11H,8-9,12,18H2,1-2H3. The van der Waals surface area contributed by atoms with E-state index >= 15 is 0 Å². The van der Waals surface area contributed by atoms with Crippen molar-refractivity contribution in [3.8, 4) is 23.0 Å². The molecule has 2 aromatic rings. The maximum absolute atomic E-state index is 5.73. The van der Waals surface area contributed by atoms with Crippen LogP contribution < -0.4 is 24.7 Å². The van der Waals surface area contributed by atoms with Crippen molar-refractivity contribution in [1.82, 2.24) is 0 Å². The van der Waals surface area contributed by atoms with Crippen molar-refractivity contribution in [2.75, 3.05) is 27.4 Å². The number of methoxy groups -OCH3 is 2. The van der Waals surface area contributed by atoms with Gasteiger partial charge in [0.25, 0.3) is 0 Å². The number of ether oxygens (including phenoxy) is 4. The van der Waals surface area contributed by atoms with Crippen LogP contribution in [-0.4, -0.2) is 27.4 Å². The molecule has 0 bridgehead atoms. The predicted molar refractivity (Wildman–Crippen MR) is 84.9 cm³/mol. The Balaban J connectivity index is 1.88. The van der Waals surface area contributed by atoms with Gasteiger partial charge in [-0.25, -0.2) is 0 Å². The van der Waals surface area contributed by atoms with E-state index in [1.807, 2.05) is 42.5 Å². The van der Waals surface area contributed by atoms with Crippen molar-refractivity contribution < 1.29 is 18.9 Å². The molecule has 0 spiro atoms. The SMILES string of the molecule is COc1cccc(OCCOc2cc(OC)ccc2CN)c1. The molecule has 118 valence electrons. The fourth-order valence-electron chi connectivity index (χ4n) is 1.97. The molecule has 0 amide bonds. The van der Waals surface area contributed by atoms with E-state index in [4.69, 9.17) is 24.7 Å². The largest absolute Gasteiger partial charge is 0.497 e. The summed E-state index contributed by atoms with van der Waals surface area (Å²) in [5, 5.41) is 0. The molecule has 0 fully saturated rings. The number of nitrogens with two attached hydrogens (primary N) is 1. The van der Waals surface area contributed by atoms with Crippen LogP contribution in [0, 0.1) is 0 Å². The molecule has 2 rings (SSSR count). The van der Waals surface area contributed by atoms with E-state index in [1.54, 1.807) is 14.2 Å². The van der Waals surface area contributed by atoms with E-state index in [9.17, 15) is 0 Å². The Bertz CT molecular complexity index is 601. The number of rotatable bonds is 8. The molecule has 0 atom stereocenters. The third-order valence-electron chi connectivity index (χ3n) is 3.15. The second kappa shape index (κ2) is 8.14. The molecule has 5 heteroatoms. The molecule has 5 nitrogen and oxygen atoms in total. The molecule has 0 unspecified atom stereocenters. The van der Waals surface area contributed by atoms with Crippen molar-refractivity contribution >= 4 is 0 Å². The monoisotopic (exact) mass is 303 g/mol. The molecule has 0 saturated heterocycles. The Kier molecular flexibility index (Phi) is 5.91. The Morgan fingerprint density at radius 2 is 1.50 bits per heavy atom. The van der Waals surface area contributed by atoms with Crippen LogP contribution in [0.4, 0.5) is 0 Å². The molecular formula is C17H21NO4. The van der Waals surface area contributed by atoms with E-state index < -0.39 is 0 Å². The topological polar surface area (TPSA) is 62.9 Å². The summed E-state index contributed by atoms with van der Waals surface area (Å²) in [5.74, 6) is 2.96. The summed E-state index contributed by atoms with van der Waals surface area (Å²) >= 11 is 0. The highest BCUT2D eigenvalue weighted by Crippen LogP contribution is 2.24. The van der Waals surface area contributed by atoms with Gasteiger partial charge in [0.2, 0.25) is 0 Å². The molecule has 0 aliphatic heterocycles. The number of benzene rings is 2. The number of hydrogen-bond acceptors (Lipinski definition) is 5. The Labute approximate surface area is 130 Å². The zero-order valence-corrected chi connectivity index (χ0v) is 12.9. The van der Waals surface area contributed by atoms with Gasteiger partial charge in [0.15, 0.2) is 0 Å². The molecule has 0 radical (unpaired) electrons. The van der Waals surface area contributed by atoms with E-state index in [2.05, 4.69) is 0 Å². The molecule has 2 aromatic carbocycles.